The van der Waals surface area contributed by atoms with Crippen molar-refractivity contribution in [1.82, 2.24) is 9.88 Å². The molecule has 0 radical (unpaired) electrons. The Balaban J connectivity index is 2.08. The normalized spacial score (nSPS) is 17.3. The molecule has 1 aliphatic rings. The van der Waals surface area contributed by atoms with Crippen LogP contribution in [0.2, 0.25) is 0 Å². The highest BCUT2D eigenvalue weighted by Gasteiger charge is 2.38. The first-order chi connectivity index (χ1) is 8.55. The Labute approximate surface area is 114 Å². The first-order valence-electron chi connectivity index (χ1n) is 6.21. The Kier molecular flexibility index (Phi) is 3.82. The van der Waals surface area contributed by atoms with E-state index in [0.717, 1.165) is 12.2 Å². The minimum Gasteiger partial charge on any atom is -0.388 e. The van der Waals surface area contributed by atoms with Crippen molar-refractivity contribution in [3.05, 3.63) is 24.0 Å². The number of likely N-dealkylation sites (N-methyl/N-ethyl adjacent to an activating group) is 1. The average molecular weight is 264 g/mol. The lowest BCUT2D eigenvalue weighted by Crippen LogP contribution is -2.54. The number of rotatable bonds is 5. The summed E-state index contributed by atoms with van der Waals surface area (Å²) in [5.41, 5.74) is 7.56. The lowest BCUT2D eigenvalue weighted by Gasteiger charge is -2.47. The number of nitrogens with two attached hydrogens (primary N) is 1. The second-order valence-corrected chi connectivity index (χ2v) is 5.53. The Morgan fingerprint density at radius 3 is 2.78 bits per heavy atom. The average Bonchev–Trinajstić information content (AvgIpc) is 2.27. The molecule has 1 fully saturated rings. The molecule has 0 saturated heterocycles. The predicted molar refractivity (Wildman–Crippen MR) is 78.9 cm³/mol. The summed E-state index contributed by atoms with van der Waals surface area (Å²) < 4.78 is 0. The van der Waals surface area contributed by atoms with E-state index in [9.17, 15) is 0 Å². The van der Waals surface area contributed by atoms with Gasteiger partial charge < -0.3 is 16.0 Å². The molecule has 0 aromatic carbocycles. The van der Waals surface area contributed by atoms with Gasteiger partial charge in [-0.25, -0.2) is 0 Å². The molecule has 0 unspecified atom stereocenters. The van der Waals surface area contributed by atoms with Crippen molar-refractivity contribution in [2.24, 2.45) is 5.73 Å². The van der Waals surface area contributed by atoms with Crippen LogP contribution in [0.25, 0.3) is 0 Å². The summed E-state index contributed by atoms with van der Waals surface area (Å²) in [6.07, 6.45) is 5.48. The van der Waals surface area contributed by atoms with Crippen molar-refractivity contribution in [1.29, 1.82) is 0 Å². The highest BCUT2D eigenvalue weighted by atomic mass is 32.1. The molecule has 3 N–H and O–H groups in total. The molecule has 1 aliphatic carbocycles. The zero-order chi connectivity index (χ0) is 13.2. The van der Waals surface area contributed by atoms with Crippen LogP contribution in [-0.4, -0.2) is 41.1 Å². The molecule has 5 heteroatoms. The van der Waals surface area contributed by atoms with Crippen LogP contribution in [0.3, 0.4) is 0 Å². The third-order valence-corrected chi connectivity index (χ3v) is 4.08. The van der Waals surface area contributed by atoms with Gasteiger partial charge >= 0.3 is 0 Å². The quantitative estimate of drug-likeness (QED) is 0.791. The number of anilines is 1. The van der Waals surface area contributed by atoms with E-state index < -0.39 is 0 Å². The number of nitrogens with zero attached hydrogens (tertiary/aromatic N) is 2. The van der Waals surface area contributed by atoms with Gasteiger partial charge in [-0.2, -0.15) is 0 Å². The van der Waals surface area contributed by atoms with Crippen molar-refractivity contribution < 1.29 is 0 Å². The molecule has 98 valence electrons. The van der Waals surface area contributed by atoms with Gasteiger partial charge in [-0.3, -0.25) is 4.98 Å². The summed E-state index contributed by atoms with van der Waals surface area (Å²) >= 11 is 5.02. The zero-order valence-corrected chi connectivity index (χ0v) is 11.8. The van der Waals surface area contributed by atoms with Crippen LogP contribution in [-0.2, 0) is 0 Å². The molecule has 0 amide bonds. The fourth-order valence-electron chi connectivity index (χ4n) is 2.37. The van der Waals surface area contributed by atoms with E-state index in [1.54, 1.807) is 6.20 Å². The molecule has 0 bridgehead atoms. The van der Waals surface area contributed by atoms with Crippen molar-refractivity contribution in [3.8, 4) is 0 Å². The van der Waals surface area contributed by atoms with E-state index >= 15 is 0 Å². The lowest BCUT2D eigenvalue weighted by molar-refractivity contribution is 0.0739. The van der Waals surface area contributed by atoms with Crippen molar-refractivity contribution >= 4 is 22.9 Å². The SMILES string of the molecule is CN(C)C1(CNc2cccnc2C(N)=S)CCC1. The van der Waals surface area contributed by atoms with Gasteiger partial charge in [-0.1, -0.05) is 12.2 Å². The maximum Gasteiger partial charge on any atom is 0.124 e. The van der Waals surface area contributed by atoms with Crippen LogP contribution >= 0.6 is 12.2 Å². The van der Waals surface area contributed by atoms with Gasteiger partial charge in [0.2, 0.25) is 0 Å². The molecule has 1 aromatic rings. The molecule has 2 rings (SSSR count). The Morgan fingerprint density at radius 1 is 1.56 bits per heavy atom. The smallest absolute Gasteiger partial charge is 0.124 e. The Bertz CT molecular complexity index is 440. The standard InChI is InChI=1S/C13H20N4S/c1-17(2)13(6-4-7-13)9-16-10-5-3-8-15-11(10)12(14)18/h3,5,8,16H,4,6-7,9H2,1-2H3,(H2,14,18). The largest absolute Gasteiger partial charge is 0.388 e. The molecule has 1 saturated carbocycles. The molecule has 0 spiro atoms. The molecular weight excluding hydrogens is 244 g/mol. The van der Waals surface area contributed by atoms with Gasteiger partial charge in [0.15, 0.2) is 0 Å². The fraction of sp³-hybridized carbons (Fsp3) is 0.538. The Morgan fingerprint density at radius 2 is 2.28 bits per heavy atom. The Hall–Kier alpha value is -1.20. The monoisotopic (exact) mass is 264 g/mol. The van der Waals surface area contributed by atoms with Crippen LogP contribution in [0.5, 0.6) is 0 Å². The van der Waals surface area contributed by atoms with Crippen molar-refractivity contribution in [2.45, 2.75) is 24.8 Å². The van der Waals surface area contributed by atoms with Crippen LogP contribution in [0.1, 0.15) is 25.0 Å². The van der Waals surface area contributed by atoms with E-state index in [0.29, 0.717) is 10.7 Å². The van der Waals surface area contributed by atoms with Gasteiger partial charge in [0.1, 0.15) is 10.7 Å². The molecule has 18 heavy (non-hydrogen) atoms. The number of thiocarbonyl (C=S) groups is 1. The van der Waals surface area contributed by atoms with Crippen molar-refractivity contribution in [2.75, 3.05) is 26.0 Å². The first kappa shape index (κ1) is 13.2. The maximum absolute atomic E-state index is 5.68. The molecule has 1 heterocycles. The van der Waals surface area contributed by atoms with Crippen LogP contribution < -0.4 is 11.1 Å². The zero-order valence-electron chi connectivity index (χ0n) is 10.9. The predicted octanol–water partition coefficient (Wildman–Crippen LogP) is 1.61. The van der Waals surface area contributed by atoms with Gasteiger partial charge in [0.05, 0.1) is 5.69 Å². The summed E-state index contributed by atoms with van der Waals surface area (Å²) in [4.78, 5) is 6.87. The first-order valence-corrected chi connectivity index (χ1v) is 6.62. The van der Waals surface area contributed by atoms with Crippen LogP contribution in [0, 0.1) is 0 Å². The summed E-state index contributed by atoms with van der Waals surface area (Å²) in [5, 5.41) is 3.45. The molecule has 0 atom stereocenters. The number of hydrogen-bond donors (Lipinski definition) is 2. The fourth-order valence-corrected chi connectivity index (χ4v) is 2.53. The highest BCUT2D eigenvalue weighted by Crippen LogP contribution is 2.36. The lowest BCUT2D eigenvalue weighted by atomic mass is 9.75. The van der Waals surface area contributed by atoms with E-state index in [1.807, 2.05) is 12.1 Å². The van der Waals surface area contributed by atoms with E-state index in [1.165, 1.54) is 19.3 Å². The third-order valence-electron chi connectivity index (χ3n) is 3.88. The second-order valence-electron chi connectivity index (χ2n) is 5.09. The molecule has 0 aliphatic heterocycles. The summed E-state index contributed by atoms with van der Waals surface area (Å²) in [6, 6.07) is 3.87. The minimum atomic E-state index is 0.267. The second kappa shape index (κ2) is 5.20. The maximum atomic E-state index is 5.68. The topological polar surface area (TPSA) is 54.2 Å². The third kappa shape index (κ3) is 2.47. The summed E-state index contributed by atoms with van der Waals surface area (Å²) in [6.45, 7) is 0.904. The molecular formula is C13H20N4S. The number of pyridine rings is 1. The summed E-state index contributed by atoms with van der Waals surface area (Å²) in [7, 11) is 4.27. The molecule has 4 nitrogen and oxygen atoms in total. The van der Waals surface area contributed by atoms with Gasteiger partial charge in [0.25, 0.3) is 0 Å². The number of nitrogens with one attached hydrogen (secondary N) is 1. The summed E-state index contributed by atoms with van der Waals surface area (Å²) in [5.74, 6) is 0. The van der Waals surface area contributed by atoms with E-state index in [4.69, 9.17) is 18.0 Å². The number of aromatic nitrogens is 1. The van der Waals surface area contributed by atoms with Crippen molar-refractivity contribution in [3.63, 3.8) is 0 Å². The van der Waals surface area contributed by atoms with E-state index in [-0.39, 0.29) is 5.54 Å². The minimum absolute atomic E-state index is 0.267. The van der Waals surface area contributed by atoms with Gasteiger partial charge in [-0.15, -0.1) is 0 Å². The van der Waals surface area contributed by atoms with Crippen LogP contribution in [0.15, 0.2) is 18.3 Å². The number of hydrogen-bond acceptors (Lipinski definition) is 4. The van der Waals surface area contributed by atoms with Crippen LogP contribution in [0.4, 0.5) is 5.69 Å². The van der Waals surface area contributed by atoms with Gasteiger partial charge in [-0.05, 0) is 45.5 Å². The highest BCUT2D eigenvalue weighted by molar-refractivity contribution is 7.80. The van der Waals surface area contributed by atoms with Gasteiger partial charge in [0, 0.05) is 18.3 Å². The van der Waals surface area contributed by atoms with E-state index in [2.05, 4.69) is 29.3 Å². The molecule has 1 aromatic heterocycles.